The summed E-state index contributed by atoms with van der Waals surface area (Å²) in [5.41, 5.74) is 7.93. The highest BCUT2D eigenvalue weighted by atomic mass is 32.1. The smallest absolute Gasteiger partial charge is 0.251 e. The first kappa shape index (κ1) is 27.3. The van der Waals surface area contributed by atoms with Gasteiger partial charge in [-0.1, -0.05) is 97.9 Å². The highest BCUT2D eigenvalue weighted by Crippen LogP contribution is 2.61. The summed E-state index contributed by atoms with van der Waals surface area (Å²) in [5.74, 6) is 0.275. The molecule has 1 heterocycles. The second-order valence-electron chi connectivity index (χ2n) is 12.0. The van der Waals surface area contributed by atoms with E-state index in [0.29, 0.717) is 17.2 Å². The van der Waals surface area contributed by atoms with Gasteiger partial charge in [-0.05, 0) is 59.2 Å². The van der Waals surface area contributed by atoms with Gasteiger partial charge in [0.2, 0.25) is 5.91 Å². The van der Waals surface area contributed by atoms with Crippen LogP contribution in [0.2, 0.25) is 0 Å². The third-order valence-electron chi connectivity index (χ3n) is 9.23. The fourth-order valence-corrected chi connectivity index (χ4v) is 7.67. The van der Waals surface area contributed by atoms with E-state index >= 15 is 0 Å². The van der Waals surface area contributed by atoms with Crippen LogP contribution in [-0.4, -0.2) is 23.3 Å². The number of carbonyl (C=O) groups excluding carboxylic acids is 2. The van der Waals surface area contributed by atoms with Crippen LogP contribution in [0, 0.1) is 5.41 Å². The molecule has 3 aliphatic carbocycles. The lowest BCUT2D eigenvalue weighted by molar-refractivity contribution is -0.126. The van der Waals surface area contributed by atoms with Crippen LogP contribution in [0.15, 0.2) is 109 Å². The molecule has 2 amide bonds. The molecule has 0 aliphatic heterocycles. The average molecular weight is 584 g/mol. The first-order chi connectivity index (χ1) is 20.9. The zero-order valence-corrected chi connectivity index (χ0v) is 25.0. The van der Waals surface area contributed by atoms with Crippen LogP contribution in [0.4, 0.5) is 5.13 Å². The van der Waals surface area contributed by atoms with E-state index < -0.39 is 5.41 Å². The van der Waals surface area contributed by atoms with Gasteiger partial charge < -0.3 is 10.6 Å². The number of fused-ring (bicyclic) bond motifs is 1. The molecule has 3 aliphatic rings. The largest absolute Gasteiger partial charge is 0.351 e. The van der Waals surface area contributed by atoms with Gasteiger partial charge in [0.15, 0.2) is 5.13 Å². The number of thiazole rings is 1. The molecule has 5 aromatic rings. The SMILES string of the molecule is CC(CNC(=O)c1cccc(-c2csc(NC(=O)C3(C)CC4c5ccccc5C3c3ccccc34)n2)c1)c1ccccc1. The van der Waals surface area contributed by atoms with Gasteiger partial charge in [0, 0.05) is 34.9 Å². The maximum atomic E-state index is 14.0. The molecule has 0 saturated carbocycles. The first-order valence-electron chi connectivity index (χ1n) is 14.8. The second-order valence-corrected chi connectivity index (χ2v) is 12.8. The minimum atomic E-state index is -0.603. The number of rotatable bonds is 7. The minimum absolute atomic E-state index is 0.00642. The van der Waals surface area contributed by atoms with Crippen LogP contribution >= 0.6 is 11.3 Å². The van der Waals surface area contributed by atoms with Crippen molar-refractivity contribution in [3.8, 4) is 11.3 Å². The Labute approximate surface area is 256 Å². The van der Waals surface area contributed by atoms with Crippen molar-refractivity contribution in [1.82, 2.24) is 10.3 Å². The predicted molar refractivity (Wildman–Crippen MR) is 173 cm³/mol. The molecule has 5 nitrogen and oxygen atoms in total. The van der Waals surface area contributed by atoms with E-state index in [1.54, 1.807) is 0 Å². The summed E-state index contributed by atoms with van der Waals surface area (Å²) in [6.45, 7) is 4.75. The molecular weight excluding hydrogens is 550 g/mol. The number of nitrogens with one attached hydrogen (secondary N) is 2. The molecule has 0 spiro atoms. The van der Waals surface area contributed by atoms with Crippen molar-refractivity contribution in [1.29, 1.82) is 0 Å². The van der Waals surface area contributed by atoms with Crippen molar-refractivity contribution in [2.75, 3.05) is 11.9 Å². The third-order valence-corrected chi connectivity index (χ3v) is 9.99. The van der Waals surface area contributed by atoms with Gasteiger partial charge in [0.1, 0.15) is 0 Å². The minimum Gasteiger partial charge on any atom is -0.351 e. The third kappa shape index (κ3) is 4.86. The Bertz CT molecular complexity index is 1780. The second kappa shape index (κ2) is 10.9. The monoisotopic (exact) mass is 583 g/mol. The fraction of sp³-hybridized carbons (Fsp3) is 0.216. The number of hydrogen-bond acceptors (Lipinski definition) is 4. The summed E-state index contributed by atoms with van der Waals surface area (Å²) >= 11 is 1.41. The van der Waals surface area contributed by atoms with Crippen molar-refractivity contribution < 1.29 is 9.59 Å². The van der Waals surface area contributed by atoms with E-state index in [2.05, 4.69) is 85.1 Å². The summed E-state index contributed by atoms with van der Waals surface area (Å²) in [7, 11) is 0. The van der Waals surface area contributed by atoms with E-state index in [-0.39, 0.29) is 29.6 Å². The van der Waals surface area contributed by atoms with Crippen molar-refractivity contribution in [2.45, 2.75) is 38.0 Å². The van der Waals surface area contributed by atoms with E-state index in [1.165, 1.54) is 39.2 Å². The molecule has 8 rings (SSSR count). The standard InChI is InChI=1S/C37H33N3O2S/c1-23(24-11-4-3-5-12-24)21-38-34(41)26-14-10-13-25(19-26)32-22-43-36(39-32)40-35(42)37(2)20-31-27-15-6-8-17-29(27)33(37)30-18-9-7-16-28(30)31/h3-19,22-23,31,33H,20-21H2,1-2H3,(H,38,41)(H,39,40,42). The Morgan fingerprint density at radius 1 is 0.884 bits per heavy atom. The lowest BCUT2D eigenvalue weighted by Gasteiger charge is -2.50. The van der Waals surface area contributed by atoms with Crippen LogP contribution < -0.4 is 10.6 Å². The molecule has 214 valence electrons. The number of aromatic nitrogens is 1. The van der Waals surface area contributed by atoms with E-state index in [0.717, 1.165) is 17.7 Å². The Balaban J connectivity index is 1.07. The predicted octanol–water partition coefficient (Wildman–Crippen LogP) is 7.97. The molecule has 2 N–H and O–H groups in total. The molecule has 6 heteroatoms. The Kier molecular flexibility index (Phi) is 6.94. The van der Waals surface area contributed by atoms with Gasteiger partial charge in [-0.25, -0.2) is 4.98 Å². The molecule has 0 radical (unpaired) electrons. The molecular formula is C37H33N3O2S. The molecule has 2 atom stereocenters. The zero-order chi connectivity index (χ0) is 29.6. The number of benzene rings is 4. The van der Waals surface area contributed by atoms with Gasteiger partial charge in [-0.2, -0.15) is 0 Å². The number of hydrogen-bond donors (Lipinski definition) is 2. The topological polar surface area (TPSA) is 71.1 Å². The summed E-state index contributed by atoms with van der Waals surface area (Å²) in [6.07, 6.45) is 0.760. The Hall–Kier alpha value is -4.55. The van der Waals surface area contributed by atoms with Gasteiger partial charge in [-0.3, -0.25) is 9.59 Å². The van der Waals surface area contributed by atoms with Gasteiger partial charge in [0.05, 0.1) is 11.1 Å². The lowest BCUT2D eigenvalue weighted by Crippen LogP contribution is -2.47. The van der Waals surface area contributed by atoms with Crippen LogP contribution in [-0.2, 0) is 4.79 Å². The number of carbonyl (C=O) groups is 2. The fourth-order valence-electron chi connectivity index (χ4n) is 6.96. The summed E-state index contributed by atoms with van der Waals surface area (Å²) in [5, 5.41) is 8.73. The van der Waals surface area contributed by atoms with Crippen molar-refractivity contribution in [2.24, 2.45) is 5.41 Å². The Morgan fingerprint density at radius 3 is 2.23 bits per heavy atom. The molecule has 0 fully saturated rings. The van der Waals surface area contributed by atoms with Gasteiger partial charge in [-0.15, -0.1) is 11.3 Å². The molecule has 1 aromatic heterocycles. The van der Waals surface area contributed by atoms with Crippen LogP contribution in [0.1, 0.15) is 76.2 Å². The first-order valence-corrected chi connectivity index (χ1v) is 15.7. The van der Waals surface area contributed by atoms with E-state index in [9.17, 15) is 9.59 Å². The van der Waals surface area contributed by atoms with E-state index in [4.69, 9.17) is 4.98 Å². The van der Waals surface area contributed by atoms with Crippen molar-refractivity contribution >= 4 is 28.3 Å². The molecule has 2 bridgehead atoms. The van der Waals surface area contributed by atoms with Gasteiger partial charge >= 0.3 is 0 Å². The summed E-state index contributed by atoms with van der Waals surface area (Å²) in [4.78, 5) is 31.8. The molecule has 0 saturated heterocycles. The van der Waals surface area contributed by atoms with Gasteiger partial charge in [0.25, 0.3) is 5.91 Å². The molecule has 4 aromatic carbocycles. The summed E-state index contributed by atoms with van der Waals surface area (Å²) < 4.78 is 0. The average Bonchev–Trinajstić information content (AvgIpc) is 3.52. The summed E-state index contributed by atoms with van der Waals surface area (Å²) in [6, 6.07) is 34.8. The van der Waals surface area contributed by atoms with Crippen LogP contribution in [0.25, 0.3) is 11.3 Å². The maximum Gasteiger partial charge on any atom is 0.251 e. The number of amides is 2. The number of nitrogens with zero attached hydrogens (tertiary/aromatic N) is 1. The van der Waals surface area contributed by atoms with Crippen LogP contribution in [0.5, 0.6) is 0 Å². The Morgan fingerprint density at radius 2 is 1.53 bits per heavy atom. The molecule has 2 unspecified atom stereocenters. The lowest BCUT2D eigenvalue weighted by atomic mass is 9.52. The van der Waals surface area contributed by atoms with Crippen LogP contribution in [0.3, 0.4) is 0 Å². The normalized spacial score (nSPS) is 20.5. The highest BCUT2D eigenvalue weighted by molar-refractivity contribution is 7.14. The quantitative estimate of drug-likeness (QED) is 0.204. The maximum absolute atomic E-state index is 14.0. The number of anilines is 1. The van der Waals surface area contributed by atoms with Crippen molar-refractivity contribution in [3.63, 3.8) is 0 Å². The van der Waals surface area contributed by atoms with E-state index in [1.807, 2.05) is 47.8 Å². The van der Waals surface area contributed by atoms with Crippen molar-refractivity contribution in [3.05, 3.63) is 142 Å². The highest BCUT2D eigenvalue weighted by Gasteiger charge is 2.54. The zero-order valence-electron chi connectivity index (χ0n) is 24.2. The molecule has 43 heavy (non-hydrogen) atoms.